The summed E-state index contributed by atoms with van der Waals surface area (Å²) in [7, 11) is 0. The van der Waals surface area contributed by atoms with E-state index in [-0.39, 0.29) is 43.0 Å². The zero-order valence-corrected chi connectivity index (χ0v) is 17.8. The second-order valence-electron chi connectivity index (χ2n) is 6.31. The van der Waals surface area contributed by atoms with E-state index in [0.717, 1.165) is 11.3 Å². The molecule has 0 saturated carbocycles. The number of benzene rings is 2. The summed E-state index contributed by atoms with van der Waals surface area (Å²) < 4.78 is 0. The molecule has 1 radical (unpaired) electrons. The fourth-order valence-corrected chi connectivity index (χ4v) is 3.10. The third-order valence-electron chi connectivity index (χ3n) is 4.37. The number of aromatic nitrogens is 1. The molecule has 1 aliphatic carbocycles. The van der Waals surface area contributed by atoms with Gasteiger partial charge in [-0.3, -0.25) is 9.59 Å². The van der Waals surface area contributed by atoms with Gasteiger partial charge < -0.3 is 10.1 Å². The van der Waals surface area contributed by atoms with E-state index < -0.39 is 0 Å². The van der Waals surface area contributed by atoms with E-state index in [1.165, 1.54) is 17.7 Å². The molecule has 28 heavy (non-hydrogen) atoms. The number of pyridine rings is 1. The van der Waals surface area contributed by atoms with E-state index in [2.05, 4.69) is 23.2 Å². The van der Waals surface area contributed by atoms with Gasteiger partial charge >= 0.3 is 0 Å². The van der Waals surface area contributed by atoms with E-state index in [1.54, 1.807) is 0 Å². The number of carbonyl (C=O) groups excluding carboxylic acids is 2. The summed E-state index contributed by atoms with van der Waals surface area (Å²) in [4.78, 5) is 26.2. The van der Waals surface area contributed by atoms with Crippen LogP contribution in [0.25, 0.3) is 22.0 Å². The topological polar surface area (TPSA) is 67.3 Å². The average Bonchev–Trinajstić information content (AvgIpc) is 2.68. The summed E-state index contributed by atoms with van der Waals surface area (Å²) in [5.41, 5.74) is 2.05. The van der Waals surface area contributed by atoms with E-state index in [1.807, 2.05) is 48.7 Å². The minimum Gasteiger partial charge on any atom is -0.511 e. The normalized spacial score (nSPS) is 13.4. The smallest absolute Gasteiger partial charge is 0.169 e. The van der Waals surface area contributed by atoms with Crippen molar-refractivity contribution in [2.45, 2.75) is 26.2 Å². The number of aliphatic hydroxyl groups excluding tert-OH is 1. The van der Waals surface area contributed by atoms with Crippen LogP contribution in [0.1, 0.15) is 26.2 Å². The molecule has 2 aromatic carbocycles. The fourth-order valence-electron chi connectivity index (χ4n) is 3.10. The first-order valence-electron chi connectivity index (χ1n) is 8.85. The van der Waals surface area contributed by atoms with E-state index in [4.69, 9.17) is 5.11 Å². The van der Waals surface area contributed by atoms with Crippen molar-refractivity contribution in [1.82, 2.24) is 4.98 Å². The van der Waals surface area contributed by atoms with Crippen molar-refractivity contribution < 1.29 is 34.8 Å². The van der Waals surface area contributed by atoms with Crippen molar-refractivity contribution in [3.8, 4) is 11.3 Å². The van der Waals surface area contributed by atoms with E-state index >= 15 is 0 Å². The van der Waals surface area contributed by atoms with Crippen molar-refractivity contribution in [1.29, 1.82) is 0 Å². The SMILES string of the molecule is CC(=O)C1=C(O)CCCC1=O.[Ir].[c-]1ccccc1-c1nccc2ccccc12. The van der Waals surface area contributed by atoms with Crippen LogP contribution < -0.4 is 0 Å². The first-order valence-corrected chi connectivity index (χ1v) is 8.85. The number of carbonyl (C=O) groups is 2. The standard InChI is InChI=1S/C15H10N.C8H10O3.Ir/c1-2-7-13(8-3-1)15-14-9-5-4-6-12(14)10-11-16-15;1-5(9)8-6(10)3-2-4-7(8)11;/h1-7,9-11H;10H,2-4H2,1H3;/q-1;;. The Morgan fingerprint density at radius 1 is 1.07 bits per heavy atom. The van der Waals surface area contributed by atoms with Crippen LogP contribution in [0.3, 0.4) is 0 Å². The summed E-state index contributed by atoms with van der Waals surface area (Å²) in [6.45, 7) is 1.30. The van der Waals surface area contributed by atoms with Gasteiger partial charge in [-0.2, -0.15) is 0 Å². The minimum absolute atomic E-state index is 0. The van der Waals surface area contributed by atoms with Gasteiger partial charge in [0.2, 0.25) is 0 Å². The molecule has 0 fully saturated rings. The number of fused-ring (bicyclic) bond motifs is 1. The summed E-state index contributed by atoms with van der Waals surface area (Å²) in [6, 6.07) is 21.4. The van der Waals surface area contributed by atoms with Gasteiger partial charge in [0.15, 0.2) is 11.6 Å². The third kappa shape index (κ3) is 5.00. The second kappa shape index (κ2) is 10.1. The van der Waals surface area contributed by atoms with Crippen molar-refractivity contribution >= 4 is 22.3 Å². The Morgan fingerprint density at radius 2 is 1.82 bits per heavy atom. The zero-order valence-electron chi connectivity index (χ0n) is 15.4. The molecule has 1 heterocycles. The Hall–Kier alpha value is -2.62. The molecule has 1 N–H and O–H groups in total. The number of aliphatic hydroxyl groups is 1. The van der Waals surface area contributed by atoms with Crippen LogP contribution in [-0.4, -0.2) is 21.7 Å². The Labute approximate surface area is 177 Å². The van der Waals surface area contributed by atoms with Gasteiger partial charge in [-0.15, -0.1) is 35.9 Å². The van der Waals surface area contributed by atoms with Gasteiger partial charge in [-0.05, 0) is 35.9 Å². The van der Waals surface area contributed by atoms with Crippen molar-refractivity contribution in [2.24, 2.45) is 0 Å². The molecule has 0 bridgehead atoms. The Morgan fingerprint density at radius 3 is 2.46 bits per heavy atom. The molecule has 1 aromatic heterocycles. The number of nitrogens with zero attached hydrogens (tertiary/aromatic N) is 1. The van der Waals surface area contributed by atoms with Gasteiger partial charge in [0.05, 0.1) is 5.57 Å². The molecule has 3 aromatic rings. The van der Waals surface area contributed by atoms with Crippen LogP contribution in [-0.2, 0) is 29.7 Å². The number of hydrogen-bond donors (Lipinski definition) is 1. The third-order valence-corrected chi connectivity index (χ3v) is 4.37. The molecule has 0 amide bonds. The maximum atomic E-state index is 11.0. The predicted molar refractivity (Wildman–Crippen MR) is 105 cm³/mol. The van der Waals surface area contributed by atoms with E-state index in [0.29, 0.717) is 19.3 Å². The monoisotopic (exact) mass is 551 g/mol. The maximum Gasteiger partial charge on any atom is 0.169 e. The minimum atomic E-state index is -0.327. The van der Waals surface area contributed by atoms with Gasteiger partial charge in [0, 0.05) is 39.1 Å². The van der Waals surface area contributed by atoms with Crippen molar-refractivity contribution in [3.05, 3.63) is 78.2 Å². The molecule has 0 spiro atoms. The summed E-state index contributed by atoms with van der Waals surface area (Å²) in [5.74, 6) is -0.581. The maximum absolute atomic E-state index is 11.0. The molecule has 1 aliphatic rings. The molecule has 0 saturated heterocycles. The molecule has 5 heteroatoms. The van der Waals surface area contributed by atoms with Gasteiger partial charge in [0.1, 0.15) is 5.76 Å². The molecular formula is C23H20IrNO3-. The second-order valence-corrected chi connectivity index (χ2v) is 6.31. The van der Waals surface area contributed by atoms with Crippen LogP contribution in [0, 0.1) is 6.07 Å². The van der Waals surface area contributed by atoms with Crippen LogP contribution in [0.2, 0.25) is 0 Å². The quantitative estimate of drug-likeness (QED) is 0.366. The number of hydrogen-bond acceptors (Lipinski definition) is 4. The van der Waals surface area contributed by atoms with Crippen molar-refractivity contribution in [3.63, 3.8) is 0 Å². The molecule has 0 atom stereocenters. The largest absolute Gasteiger partial charge is 0.511 e. The van der Waals surface area contributed by atoms with Crippen LogP contribution in [0.15, 0.2) is 72.1 Å². The first kappa shape index (κ1) is 21.7. The Bertz CT molecular complexity index is 1010. The summed E-state index contributed by atoms with van der Waals surface area (Å²) in [5, 5.41) is 11.5. The molecular weight excluding hydrogens is 530 g/mol. The molecule has 0 unspecified atom stereocenters. The van der Waals surface area contributed by atoms with Crippen LogP contribution in [0.5, 0.6) is 0 Å². The molecule has 4 rings (SSSR count). The molecule has 0 aliphatic heterocycles. The zero-order chi connectivity index (χ0) is 19.2. The average molecular weight is 551 g/mol. The van der Waals surface area contributed by atoms with Crippen molar-refractivity contribution in [2.75, 3.05) is 0 Å². The molecule has 145 valence electrons. The number of ketones is 2. The molecule has 4 nitrogen and oxygen atoms in total. The Balaban J connectivity index is 0.000000208. The predicted octanol–water partition coefficient (Wildman–Crippen LogP) is 4.84. The summed E-state index contributed by atoms with van der Waals surface area (Å²) in [6.07, 6.45) is 3.35. The fraction of sp³-hybridized carbons (Fsp3) is 0.174. The number of rotatable bonds is 2. The van der Waals surface area contributed by atoms with Crippen LogP contribution >= 0.6 is 0 Å². The Kier molecular flexibility index (Phi) is 7.79. The van der Waals surface area contributed by atoms with Gasteiger partial charge in [0.25, 0.3) is 0 Å². The first-order chi connectivity index (χ1) is 13.1. The van der Waals surface area contributed by atoms with Gasteiger partial charge in [-0.25, -0.2) is 0 Å². The van der Waals surface area contributed by atoms with Gasteiger partial charge in [-0.1, -0.05) is 24.3 Å². The van der Waals surface area contributed by atoms with E-state index in [9.17, 15) is 9.59 Å². The number of Topliss-reactive ketones (excluding diaryl/α,β-unsaturated/α-hetero) is 2. The van der Waals surface area contributed by atoms with Crippen LogP contribution in [0.4, 0.5) is 0 Å². The number of allylic oxidation sites excluding steroid dienone is 2. The summed E-state index contributed by atoms with van der Waals surface area (Å²) >= 11 is 0.